The molecule has 0 heterocycles. The molecule has 24 heavy (non-hydrogen) atoms. The molecule has 1 amide bonds. The van der Waals surface area contributed by atoms with E-state index in [2.05, 4.69) is 33.2 Å². The Bertz CT molecular complexity index is 705. The second-order valence-corrected chi connectivity index (χ2v) is 5.80. The number of halogens is 1. The van der Waals surface area contributed by atoms with Gasteiger partial charge in [0.1, 0.15) is 6.42 Å². The van der Waals surface area contributed by atoms with Crippen LogP contribution in [0.4, 0.5) is 17.1 Å². The van der Waals surface area contributed by atoms with E-state index in [1.54, 1.807) is 6.92 Å². The van der Waals surface area contributed by atoms with Crippen LogP contribution in [0.25, 0.3) is 0 Å². The van der Waals surface area contributed by atoms with Crippen molar-refractivity contribution in [3.8, 4) is 0 Å². The van der Waals surface area contributed by atoms with Crippen LogP contribution in [0.1, 0.15) is 18.9 Å². The lowest BCUT2D eigenvalue weighted by molar-refractivity contribution is -0.145. The number of carbonyl (C=O) groups excluding carboxylic acids is 2. The average Bonchev–Trinajstić information content (AvgIpc) is 2.57. The molecule has 2 aromatic carbocycles. The van der Waals surface area contributed by atoms with Gasteiger partial charge in [-0.2, -0.15) is 0 Å². The quantitative estimate of drug-likeness (QED) is 0.294. The first kappa shape index (κ1) is 18.3. The van der Waals surface area contributed by atoms with Crippen LogP contribution in [-0.4, -0.2) is 18.5 Å². The van der Waals surface area contributed by atoms with E-state index >= 15 is 0 Å². The molecule has 0 atom stereocenters. The van der Waals surface area contributed by atoms with Gasteiger partial charge in [-0.3, -0.25) is 9.59 Å². The van der Waals surface area contributed by atoms with Crippen LogP contribution in [0.2, 0.25) is 0 Å². The van der Waals surface area contributed by atoms with E-state index in [-0.39, 0.29) is 13.0 Å². The number of rotatable bonds is 7. The first-order valence-corrected chi connectivity index (χ1v) is 9.11. The molecule has 0 saturated carbocycles. The first-order valence-electron chi connectivity index (χ1n) is 7.58. The van der Waals surface area contributed by atoms with Crippen molar-refractivity contribution in [1.82, 2.24) is 0 Å². The molecule has 0 saturated heterocycles. The Hall–Kier alpha value is -2.09. The minimum Gasteiger partial charge on any atom is -0.466 e. The van der Waals surface area contributed by atoms with Crippen LogP contribution in [0, 0.1) is 0 Å². The summed E-state index contributed by atoms with van der Waals surface area (Å²) in [4.78, 5) is 23.4. The van der Waals surface area contributed by atoms with Gasteiger partial charge in [0.2, 0.25) is 5.91 Å². The fourth-order valence-electron chi connectivity index (χ4n) is 2.10. The monoisotopic (exact) mass is 438 g/mol. The summed E-state index contributed by atoms with van der Waals surface area (Å²) in [5.74, 6) is -0.928. The minimum absolute atomic E-state index is 0.261. The van der Waals surface area contributed by atoms with E-state index in [0.29, 0.717) is 5.69 Å². The predicted molar refractivity (Wildman–Crippen MR) is 104 cm³/mol. The topological polar surface area (TPSA) is 67.4 Å². The molecular formula is C18H19IN2O3. The molecule has 0 fully saturated rings. The Morgan fingerprint density at radius 3 is 2.50 bits per heavy atom. The number of carbonyl (C=O) groups is 2. The summed E-state index contributed by atoms with van der Waals surface area (Å²) in [5.41, 5.74) is 3.47. The van der Waals surface area contributed by atoms with E-state index in [4.69, 9.17) is 4.74 Å². The maximum Gasteiger partial charge on any atom is 0.315 e. The van der Waals surface area contributed by atoms with Crippen molar-refractivity contribution < 1.29 is 14.3 Å². The standard InChI is InChI=1S/C18H19IN2O3/c1-2-24-18(23)11-17(22)21-15-9-8-13(12-19)10-16(15)20-14-6-4-3-5-7-14/h3-10,20H,2,11-12H2,1H3,(H,21,22). The maximum atomic E-state index is 12.0. The van der Waals surface area contributed by atoms with E-state index in [1.807, 2.05) is 48.5 Å². The normalized spacial score (nSPS) is 10.1. The van der Waals surface area contributed by atoms with Gasteiger partial charge in [0.25, 0.3) is 0 Å². The number of hydrogen-bond acceptors (Lipinski definition) is 4. The molecule has 6 heteroatoms. The second-order valence-electron chi connectivity index (χ2n) is 5.03. The molecule has 2 rings (SSSR count). The summed E-state index contributed by atoms with van der Waals surface area (Å²) in [5, 5.41) is 6.06. The highest BCUT2D eigenvalue weighted by atomic mass is 127. The lowest BCUT2D eigenvalue weighted by Gasteiger charge is -2.14. The van der Waals surface area contributed by atoms with E-state index in [0.717, 1.165) is 21.4 Å². The van der Waals surface area contributed by atoms with Crippen molar-refractivity contribution in [1.29, 1.82) is 0 Å². The summed E-state index contributed by atoms with van der Waals surface area (Å²) in [6.07, 6.45) is -0.299. The second kappa shape index (κ2) is 9.27. The van der Waals surface area contributed by atoms with Gasteiger partial charge in [-0.15, -0.1) is 0 Å². The maximum absolute atomic E-state index is 12.0. The van der Waals surface area contributed by atoms with Crippen LogP contribution in [0.3, 0.4) is 0 Å². The highest BCUT2D eigenvalue weighted by molar-refractivity contribution is 14.1. The number of amides is 1. The van der Waals surface area contributed by atoms with E-state index in [9.17, 15) is 9.59 Å². The number of benzene rings is 2. The summed E-state index contributed by atoms with van der Waals surface area (Å²) in [7, 11) is 0. The highest BCUT2D eigenvalue weighted by Crippen LogP contribution is 2.28. The Morgan fingerprint density at radius 2 is 1.83 bits per heavy atom. The number of nitrogens with one attached hydrogen (secondary N) is 2. The van der Waals surface area contributed by atoms with Crippen molar-refractivity contribution >= 4 is 51.5 Å². The van der Waals surface area contributed by atoms with E-state index < -0.39 is 11.9 Å². The lowest BCUT2D eigenvalue weighted by Crippen LogP contribution is -2.18. The molecule has 0 aromatic heterocycles. The third kappa shape index (κ3) is 5.52. The number of hydrogen-bond donors (Lipinski definition) is 2. The molecule has 0 aliphatic carbocycles. The van der Waals surface area contributed by atoms with Gasteiger partial charge in [0.05, 0.1) is 18.0 Å². The molecule has 0 unspecified atom stereocenters. The van der Waals surface area contributed by atoms with Gasteiger partial charge in [-0.05, 0) is 36.8 Å². The number of esters is 1. The number of alkyl halides is 1. The highest BCUT2D eigenvalue weighted by Gasteiger charge is 2.13. The predicted octanol–water partition coefficient (Wildman–Crippen LogP) is 4.26. The molecule has 0 radical (unpaired) electrons. The third-order valence-corrected chi connectivity index (χ3v) is 4.06. The van der Waals surface area contributed by atoms with Gasteiger partial charge in [0, 0.05) is 10.1 Å². The van der Waals surface area contributed by atoms with Crippen molar-refractivity contribution in [2.75, 3.05) is 17.2 Å². The smallest absolute Gasteiger partial charge is 0.315 e. The number of anilines is 3. The zero-order chi connectivity index (χ0) is 17.4. The fourth-order valence-corrected chi connectivity index (χ4v) is 2.58. The van der Waals surface area contributed by atoms with Gasteiger partial charge >= 0.3 is 5.97 Å². The molecule has 0 aliphatic rings. The van der Waals surface area contributed by atoms with Crippen molar-refractivity contribution in [3.05, 3.63) is 54.1 Å². The summed E-state index contributed by atoms with van der Waals surface area (Å²) < 4.78 is 5.66. The van der Waals surface area contributed by atoms with E-state index in [1.165, 1.54) is 0 Å². The lowest BCUT2D eigenvalue weighted by atomic mass is 10.1. The molecule has 126 valence electrons. The van der Waals surface area contributed by atoms with Crippen LogP contribution < -0.4 is 10.6 Å². The van der Waals surface area contributed by atoms with Gasteiger partial charge in [-0.1, -0.05) is 46.9 Å². The van der Waals surface area contributed by atoms with Crippen LogP contribution >= 0.6 is 22.6 Å². The number of para-hydroxylation sites is 1. The zero-order valence-corrected chi connectivity index (χ0v) is 15.5. The zero-order valence-electron chi connectivity index (χ0n) is 13.3. The Balaban J connectivity index is 2.16. The molecule has 2 N–H and O–H groups in total. The van der Waals surface area contributed by atoms with Gasteiger partial charge in [0.15, 0.2) is 0 Å². The molecular weight excluding hydrogens is 419 g/mol. The molecule has 5 nitrogen and oxygen atoms in total. The van der Waals surface area contributed by atoms with Crippen molar-refractivity contribution in [3.63, 3.8) is 0 Å². The first-order chi connectivity index (χ1) is 11.6. The third-order valence-electron chi connectivity index (χ3n) is 3.18. The molecule has 0 spiro atoms. The average molecular weight is 438 g/mol. The molecule has 2 aromatic rings. The fraction of sp³-hybridized carbons (Fsp3) is 0.222. The summed E-state index contributed by atoms with van der Waals surface area (Å²) >= 11 is 2.29. The van der Waals surface area contributed by atoms with Crippen molar-refractivity contribution in [2.45, 2.75) is 17.8 Å². The minimum atomic E-state index is -0.531. The Kier molecular flexibility index (Phi) is 7.05. The SMILES string of the molecule is CCOC(=O)CC(=O)Nc1ccc(CI)cc1Nc1ccccc1. The molecule has 0 bridgehead atoms. The van der Waals surface area contributed by atoms with Crippen LogP contribution in [0.5, 0.6) is 0 Å². The number of ether oxygens (including phenoxy) is 1. The summed E-state index contributed by atoms with van der Waals surface area (Å²) in [6, 6.07) is 15.5. The van der Waals surface area contributed by atoms with Gasteiger partial charge in [-0.25, -0.2) is 0 Å². The Morgan fingerprint density at radius 1 is 1.08 bits per heavy atom. The van der Waals surface area contributed by atoms with Crippen LogP contribution in [-0.2, 0) is 18.8 Å². The summed E-state index contributed by atoms with van der Waals surface area (Å²) in [6.45, 7) is 1.97. The largest absolute Gasteiger partial charge is 0.466 e. The van der Waals surface area contributed by atoms with Crippen molar-refractivity contribution in [2.24, 2.45) is 0 Å². The molecule has 0 aliphatic heterocycles. The van der Waals surface area contributed by atoms with Crippen LogP contribution in [0.15, 0.2) is 48.5 Å². The van der Waals surface area contributed by atoms with Gasteiger partial charge < -0.3 is 15.4 Å². The Labute approximate surface area is 154 Å².